The maximum atomic E-state index is 5.25. The predicted molar refractivity (Wildman–Crippen MR) is 69.1 cm³/mol. The number of aromatic nitrogens is 2. The molecule has 2 aromatic rings. The van der Waals surface area contributed by atoms with E-state index in [1.165, 1.54) is 0 Å². The lowest BCUT2D eigenvalue weighted by Crippen LogP contribution is -2.05. The first-order valence-electron chi connectivity index (χ1n) is 5.77. The van der Waals surface area contributed by atoms with Crippen molar-refractivity contribution >= 4 is 22.4 Å². The second kappa shape index (κ2) is 3.50. The molecule has 3 heterocycles. The first-order valence-corrected chi connectivity index (χ1v) is 5.77. The van der Waals surface area contributed by atoms with E-state index in [2.05, 4.69) is 27.1 Å². The van der Waals surface area contributed by atoms with E-state index < -0.39 is 0 Å². The van der Waals surface area contributed by atoms with Crippen LogP contribution in [0.1, 0.15) is 12.2 Å². The van der Waals surface area contributed by atoms with E-state index in [1.54, 1.807) is 12.5 Å². The fourth-order valence-electron chi connectivity index (χ4n) is 2.24. The van der Waals surface area contributed by atoms with Crippen molar-refractivity contribution in [1.82, 2.24) is 9.97 Å². The largest absolute Gasteiger partial charge is 0.461 e. The zero-order chi connectivity index (χ0) is 11.9. The molecule has 18 heavy (non-hydrogen) atoms. The summed E-state index contributed by atoms with van der Waals surface area (Å²) in [6, 6.07) is 1.85. The van der Waals surface area contributed by atoms with E-state index in [9.17, 15) is 0 Å². The minimum Gasteiger partial charge on any atom is -0.461 e. The molecule has 1 aliphatic carbocycles. The highest BCUT2D eigenvalue weighted by molar-refractivity contribution is 6.13. The van der Waals surface area contributed by atoms with Crippen molar-refractivity contribution in [2.75, 3.05) is 0 Å². The monoisotopic (exact) mass is 235 g/mol. The van der Waals surface area contributed by atoms with Gasteiger partial charge in [0.1, 0.15) is 5.52 Å². The second-order valence-electron chi connectivity index (χ2n) is 4.19. The first-order chi connectivity index (χ1) is 8.92. The van der Waals surface area contributed by atoms with Gasteiger partial charge in [-0.05, 0) is 6.08 Å². The lowest BCUT2D eigenvalue weighted by Gasteiger charge is -2.11. The van der Waals surface area contributed by atoms with Gasteiger partial charge in [-0.3, -0.25) is 4.99 Å². The van der Waals surface area contributed by atoms with Crippen LogP contribution in [0.2, 0.25) is 0 Å². The van der Waals surface area contributed by atoms with Crippen molar-refractivity contribution in [1.29, 1.82) is 0 Å². The molecule has 0 saturated heterocycles. The van der Waals surface area contributed by atoms with Gasteiger partial charge in [-0.1, -0.05) is 12.2 Å². The standard InChI is InChI=1S/C14H9N3O/c1-2-10(9-4-6-15-11(9)3-1)14-16-8-13-12(17-14)5-7-18-13/h1-2,4-8H,3H2. The molecule has 0 aromatic carbocycles. The van der Waals surface area contributed by atoms with Crippen LogP contribution in [0.15, 0.2) is 57.9 Å². The Labute approximate surface area is 103 Å². The van der Waals surface area contributed by atoms with Gasteiger partial charge in [-0.25, -0.2) is 9.97 Å². The summed E-state index contributed by atoms with van der Waals surface area (Å²) in [6.07, 6.45) is 12.2. The van der Waals surface area contributed by atoms with E-state index >= 15 is 0 Å². The third kappa shape index (κ3) is 1.29. The maximum Gasteiger partial charge on any atom is 0.170 e. The molecule has 0 amide bonds. The van der Waals surface area contributed by atoms with Gasteiger partial charge in [-0.2, -0.15) is 0 Å². The molecule has 2 aromatic heterocycles. The molecule has 86 valence electrons. The number of aliphatic imine (C=N–C) groups is 1. The van der Waals surface area contributed by atoms with Crippen LogP contribution in [-0.2, 0) is 0 Å². The van der Waals surface area contributed by atoms with Crippen LogP contribution >= 0.6 is 0 Å². The number of fused-ring (bicyclic) bond motifs is 2. The number of hydrogen-bond acceptors (Lipinski definition) is 4. The minimum absolute atomic E-state index is 0.708. The molecule has 0 radical (unpaired) electrons. The zero-order valence-corrected chi connectivity index (χ0v) is 9.50. The Morgan fingerprint density at radius 1 is 1.17 bits per heavy atom. The van der Waals surface area contributed by atoms with E-state index in [-0.39, 0.29) is 0 Å². The van der Waals surface area contributed by atoms with Crippen LogP contribution in [-0.4, -0.2) is 15.7 Å². The molecule has 4 rings (SSSR count). The lowest BCUT2D eigenvalue weighted by atomic mass is 9.96. The molecule has 0 fully saturated rings. The highest BCUT2D eigenvalue weighted by Gasteiger charge is 2.18. The molecule has 0 spiro atoms. The predicted octanol–water partition coefficient (Wildman–Crippen LogP) is 2.90. The molecule has 4 heteroatoms. The van der Waals surface area contributed by atoms with Crippen molar-refractivity contribution in [3.05, 3.63) is 54.4 Å². The van der Waals surface area contributed by atoms with Gasteiger partial charge < -0.3 is 4.42 Å². The van der Waals surface area contributed by atoms with E-state index in [0.717, 1.165) is 28.8 Å². The fourth-order valence-corrected chi connectivity index (χ4v) is 2.24. The zero-order valence-electron chi connectivity index (χ0n) is 9.50. The van der Waals surface area contributed by atoms with Crippen LogP contribution in [0.25, 0.3) is 16.7 Å². The van der Waals surface area contributed by atoms with Gasteiger partial charge in [-0.15, -0.1) is 0 Å². The Morgan fingerprint density at radius 2 is 2.17 bits per heavy atom. The quantitative estimate of drug-likeness (QED) is 0.763. The maximum absolute atomic E-state index is 5.25. The summed E-state index contributed by atoms with van der Waals surface area (Å²) in [6.45, 7) is 0. The van der Waals surface area contributed by atoms with E-state index in [4.69, 9.17) is 4.42 Å². The fraction of sp³-hybridized carbons (Fsp3) is 0.0714. The van der Waals surface area contributed by atoms with Crippen molar-refractivity contribution < 1.29 is 4.42 Å². The molecule has 0 N–H and O–H groups in total. The van der Waals surface area contributed by atoms with Gasteiger partial charge >= 0.3 is 0 Å². The molecular weight excluding hydrogens is 226 g/mol. The van der Waals surface area contributed by atoms with Gasteiger partial charge in [0.2, 0.25) is 0 Å². The third-order valence-electron chi connectivity index (χ3n) is 3.11. The van der Waals surface area contributed by atoms with Crippen LogP contribution in [0, 0.1) is 0 Å². The normalized spacial score (nSPS) is 17.4. The third-order valence-corrected chi connectivity index (χ3v) is 3.11. The van der Waals surface area contributed by atoms with Crippen LogP contribution < -0.4 is 0 Å². The van der Waals surface area contributed by atoms with Crippen molar-refractivity contribution in [2.24, 2.45) is 4.99 Å². The summed E-state index contributed by atoms with van der Waals surface area (Å²) in [7, 11) is 0. The van der Waals surface area contributed by atoms with Crippen molar-refractivity contribution in [2.45, 2.75) is 6.42 Å². The van der Waals surface area contributed by atoms with Gasteiger partial charge in [0.05, 0.1) is 18.2 Å². The van der Waals surface area contributed by atoms with Gasteiger partial charge in [0.25, 0.3) is 0 Å². The Hall–Kier alpha value is -2.49. The number of nitrogens with zero attached hydrogens (tertiary/aromatic N) is 3. The second-order valence-corrected chi connectivity index (χ2v) is 4.19. The van der Waals surface area contributed by atoms with Crippen LogP contribution in [0.3, 0.4) is 0 Å². The molecular formula is C14H9N3O. The molecule has 2 aliphatic rings. The van der Waals surface area contributed by atoms with E-state index in [0.29, 0.717) is 11.4 Å². The number of rotatable bonds is 1. The lowest BCUT2D eigenvalue weighted by molar-refractivity contribution is 0.613. The summed E-state index contributed by atoms with van der Waals surface area (Å²) < 4.78 is 5.25. The Kier molecular flexibility index (Phi) is 1.85. The summed E-state index contributed by atoms with van der Waals surface area (Å²) >= 11 is 0. The van der Waals surface area contributed by atoms with Crippen molar-refractivity contribution in [3.8, 4) is 0 Å². The molecule has 4 nitrogen and oxygen atoms in total. The minimum atomic E-state index is 0.708. The summed E-state index contributed by atoms with van der Waals surface area (Å²) in [5.74, 6) is 0.717. The summed E-state index contributed by atoms with van der Waals surface area (Å²) in [4.78, 5) is 13.2. The molecule has 0 atom stereocenters. The highest BCUT2D eigenvalue weighted by atomic mass is 16.3. The number of allylic oxidation sites excluding steroid dienone is 5. The molecule has 0 unspecified atom stereocenters. The summed E-state index contributed by atoms with van der Waals surface area (Å²) in [5, 5.41) is 0. The average Bonchev–Trinajstić information content (AvgIpc) is 3.05. The Bertz CT molecular complexity index is 762. The average molecular weight is 235 g/mol. The Morgan fingerprint density at radius 3 is 3.17 bits per heavy atom. The van der Waals surface area contributed by atoms with Crippen LogP contribution in [0.4, 0.5) is 0 Å². The highest BCUT2D eigenvalue weighted by Crippen LogP contribution is 2.28. The molecule has 1 aliphatic heterocycles. The van der Waals surface area contributed by atoms with Gasteiger partial charge in [0, 0.05) is 29.8 Å². The summed E-state index contributed by atoms with van der Waals surface area (Å²) in [5.41, 5.74) is 4.77. The van der Waals surface area contributed by atoms with Gasteiger partial charge in [0.15, 0.2) is 11.4 Å². The van der Waals surface area contributed by atoms with E-state index in [1.807, 2.05) is 18.3 Å². The molecule has 0 saturated carbocycles. The topological polar surface area (TPSA) is 51.3 Å². The number of hydrogen-bond donors (Lipinski definition) is 0. The Balaban J connectivity index is 1.94. The van der Waals surface area contributed by atoms with Crippen molar-refractivity contribution in [3.63, 3.8) is 0 Å². The molecule has 0 bridgehead atoms. The van der Waals surface area contributed by atoms with Crippen LogP contribution in [0.5, 0.6) is 0 Å². The first kappa shape index (κ1) is 9.53. The smallest absolute Gasteiger partial charge is 0.170 e. The SMILES string of the molecule is C1=CC(c2ncc3occc3n2)=C2C=CN=C2C1. The number of furan rings is 1.